The topological polar surface area (TPSA) is 319 Å². The van der Waals surface area contributed by atoms with Crippen molar-refractivity contribution in [3.05, 3.63) is 261 Å². The number of methoxy groups -OCH3 is 6. The van der Waals surface area contributed by atoms with Crippen LogP contribution < -0.4 is 52.8 Å². The molecule has 32 nitrogen and oxygen atoms in total. The second-order valence-electron chi connectivity index (χ2n) is 36.6. The van der Waals surface area contributed by atoms with E-state index < -0.39 is 5.82 Å². The van der Waals surface area contributed by atoms with Crippen molar-refractivity contribution in [2.45, 2.75) is 111 Å². The summed E-state index contributed by atoms with van der Waals surface area (Å²) in [6.07, 6.45) is 28.5. The Labute approximate surface area is 824 Å². The average molecular weight is 1920 g/mol. The standard InChI is InChI=1S/C30H25FN6O3.C28H33N5O3.C26H31N5O2.C25H29N5O3/c1-3-40-23-13-20(31)12-22(14-23)36(10-11-37-29(38)24-6-4-5-7-25(24)30(37)39)21-8-9-26-27(15-21)34-28(17-32-26)19-16-33-35(2)18-19;1-32-18-20(16-30-32)27-17-29-25-9-8-21(14-26(25)31-27)33(19-28(36-4)10-6-5-7-11-28)22-12-23(34-2)15-24(13-22)35-3;1-7-10-31(20-11-21(32-6)14-22(12-20)33-26(2,3)4)19-8-9-23-24(13-19)29-25(16-27-23)18-15-28-30(5)17-18;1-25(2,3)30-16-17(14-27-30)24-15-26-22-7-6-18(12-23(22)28-24)29(8-9-31)19-10-20(32-4)13-21(11-19)33-5/h4-9,12-18H,3,10-11H2,1-2H3;8-9,12-18H,5-7,10-11,19H2,1-4H3;8-9,11-17H,7,10H2,1-6H3;6-7,10-16,31H,8-9H2,1-5H3. The summed E-state index contributed by atoms with van der Waals surface area (Å²) in [5, 5.41) is 27.0. The van der Waals surface area contributed by atoms with Gasteiger partial charge < -0.3 is 62.6 Å². The third-order valence-electron chi connectivity index (χ3n) is 24.4. The molecule has 2 aliphatic rings. The molecule has 1 aliphatic carbocycles. The average Bonchev–Trinajstić information content (AvgIpc) is 1.24. The quantitative estimate of drug-likeness (QED) is 0.0409. The van der Waals surface area contributed by atoms with Gasteiger partial charge in [0.25, 0.3) is 11.8 Å². The van der Waals surface area contributed by atoms with E-state index in [1.54, 1.807) is 123 Å². The lowest BCUT2D eigenvalue weighted by Crippen LogP contribution is -2.44. The molecule has 142 heavy (non-hydrogen) atoms. The van der Waals surface area contributed by atoms with Crippen molar-refractivity contribution in [2.24, 2.45) is 21.1 Å². The molecule has 33 heteroatoms. The van der Waals surface area contributed by atoms with Gasteiger partial charge >= 0.3 is 0 Å². The molecule has 9 heterocycles. The summed E-state index contributed by atoms with van der Waals surface area (Å²) in [6.45, 7) is 19.0. The number of fused-ring (bicyclic) bond motifs is 5. The van der Waals surface area contributed by atoms with E-state index >= 15 is 0 Å². The number of imide groups is 1. The Morgan fingerprint density at radius 2 is 0.761 bits per heavy atom. The van der Waals surface area contributed by atoms with Crippen molar-refractivity contribution in [2.75, 3.05) is 108 Å². The zero-order valence-electron chi connectivity index (χ0n) is 83.1. The molecule has 0 unspecified atom stereocenters. The largest absolute Gasteiger partial charge is 0.497 e. The zero-order valence-corrected chi connectivity index (χ0v) is 83.1. The van der Waals surface area contributed by atoms with Gasteiger partial charge in [-0.25, -0.2) is 24.3 Å². The molecule has 8 aromatic heterocycles. The van der Waals surface area contributed by atoms with Gasteiger partial charge in [0.2, 0.25) is 0 Å². The fourth-order valence-electron chi connectivity index (χ4n) is 17.2. The van der Waals surface area contributed by atoms with Crippen LogP contribution in [-0.4, -0.2) is 201 Å². The van der Waals surface area contributed by atoms with Crippen LogP contribution in [0.25, 0.3) is 89.2 Å². The van der Waals surface area contributed by atoms with E-state index in [0.717, 1.165) is 155 Å². The van der Waals surface area contributed by atoms with Gasteiger partial charge in [0, 0.05) is 214 Å². The number of ether oxygens (including phenoxy) is 8. The molecule has 1 N–H and O–H groups in total. The first kappa shape index (κ1) is 99.0. The molecule has 2 amide bonds. The molecular formula is C109H118FN21O11. The molecule has 0 saturated heterocycles. The van der Waals surface area contributed by atoms with Crippen LogP contribution in [0.1, 0.15) is 115 Å². The number of amides is 2. The van der Waals surface area contributed by atoms with Gasteiger partial charge in [-0.3, -0.25) is 53.2 Å². The highest BCUT2D eigenvalue weighted by Gasteiger charge is 2.38. The predicted molar refractivity (Wildman–Crippen MR) is 551 cm³/mol. The van der Waals surface area contributed by atoms with E-state index in [0.29, 0.717) is 76.2 Å². The number of aliphatic hydroxyl groups is 1. The highest BCUT2D eigenvalue weighted by molar-refractivity contribution is 6.21. The SMILES string of the molecule is CCCN(c1cc(OC)cc(OC(C)(C)C)c1)c1ccc2ncc(-c3cnn(C)c3)nc2c1.CCOc1cc(F)cc(N(CCN2C(=O)c3ccccc3C2=O)c2ccc3ncc(-c4cnn(C)c4)nc3c2)c1.COc1cc(OC)cc(N(CC2(OC)CCCCC2)c2ccc3ncc(-c4cnn(C)c4)nc3c2)c1.COc1cc(OC)cc(N(CCO)c2ccc3ncc(-c4cnn(C(C)(C)C)c4)nc3c2)c1. The van der Waals surface area contributed by atoms with E-state index in [9.17, 15) is 19.1 Å². The van der Waals surface area contributed by atoms with Crippen molar-refractivity contribution in [3.8, 4) is 85.3 Å². The van der Waals surface area contributed by atoms with Gasteiger partial charge in [-0.15, -0.1) is 0 Å². The highest BCUT2D eigenvalue weighted by atomic mass is 19.1. The first-order valence-electron chi connectivity index (χ1n) is 47.1. The molecule has 9 aromatic carbocycles. The summed E-state index contributed by atoms with van der Waals surface area (Å²) in [7, 11) is 15.7. The van der Waals surface area contributed by atoms with Gasteiger partial charge in [-0.1, -0.05) is 38.3 Å². The lowest BCUT2D eigenvalue weighted by Gasteiger charge is -2.41. The van der Waals surface area contributed by atoms with E-state index in [-0.39, 0.29) is 48.3 Å². The summed E-state index contributed by atoms with van der Waals surface area (Å²) >= 11 is 0. The number of benzene rings is 9. The second kappa shape index (κ2) is 43.6. The number of carbonyl (C=O) groups excluding carboxylic acids is 2. The first-order valence-corrected chi connectivity index (χ1v) is 47.1. The van der Waals surface area contributed by atoms with Crippen LogP contribution in [0.3, 0.4) is 0 Å². The van der Waals surface area contributed by atoms with E-state index in [1.165, 1.54) is 36.3 Å². The molecule has 0 radical (unpaired) electrons. The molecule has 17 aromatic rings. The minimum absolute atomic E-state index is 0.0186. The lowest BCUT2D eigenvalue weighted by molar-refractivity contribution is -0.0311. The Morgan fingerprint density at radius 1 is 0.394 bits per heavy atom. The number of aliphatic hydroxyl groups excluding tert-OH is 1. The van der Waals surface area contributed by atoms with Crippen molar-refractivity contribution in [1.29, 1.82) is 0 Å². The number of rotatable bonds is 30. The minimum atomic E-state index is -0.467. The van der Waals surface area contributed by atoms with E-state index in [1.807, 2.05) is 198 Å². The molecule has 0 spiro atoms. The van der Waals surface area contributed by atoms with Crippen LogP contribution in [0, 0.1) is 5.82 Å². The molecule has 1 aliphatic heterocycles. The Balaban J connectivity index is 0.000000137. The van der Waals surface area contributed by atoms with Crippen LogP contribution in [0.15, 0.2) is 244 Å². The number of hydrogen-bond acceptors (Lipinski definition) is 27. The summed E-state index contributed by atoms with van der Waals surface area (Å²) in [6, 6.07) is 52.7. The smallest absolute Gasteiger partial charge is 0.261 e. The Kier molecular flexibility index (Phi) is 30.4. The van der Waals surface area contributed by atoms with Crippen molar-refractivity contribution >= 4 is 101 Å². The predicted octanol–water partition coefficient (Wildman–Crippen LogP) is 20.7. The Morgan fingerprint density at radius 3 is 1.13 bits per heavy atom. The van der Waals surface area contributed by atoms with Crippen LogP contribution in [0.2, 0.25) is 0 Å². The number of halogens is 1. The number of aromatic nitrogens is 16. The fourth-order valence-corrected chi connectivity index (χ4v) is 17.2. The fraction of sp³-hybridized carbons (Fsp3) is 0.303. The van der Waals surface area contributed by atoms with Gasteiger partial charge in [-0.2, -0.15) is 20.4 Å². The number of nitrogens with zero attached hydrogens (tertiary/aromatic N) is 21. The molecule has 0 atom stereocenters. The molecule has 0 bridgehead atoms. The summed E-state index contributed by atoms with van der Waals surface area (Å²) in [5.74, 6) is 3.57. The van der Waals surface area contributed by atoms with Gasteiger partial charge in [0.1, 0.15) is 51.7 Å². The summed E-state index contributed by atoms with van der Waals surface area (Å²) < 4.78 is 67.4. The van der Waals surface area contributed by atoms with E-state index in [4.69, 9.17) is 57.8 Å². The molecule has 732 valence electrons. The zero-order chi connectivity index (χ0) is 100. The number of hydrogen-bond donors (Lipinski definition) is 1. The number of aryl methyl sites for hydroxylation is 3. The Bertz CT molecular complexity index is 7270. The van der Waals surface area contributed by atoms with Crippen molar-refractivity contribution in [1.82, 2.24) is 83.9 Å². The monoisotopic (exact) mass is 1920 g/mol. The van der Waals surface area contributed by atoms with Crippen LogP contribution in [-0.2, 0) is 31.4 Å². The molecule has 19 rings (SSSR count). The first-order chi connectivity index (χ1) is 68.5. The van der Waals surface area contributed by atoms with Crippen LogP contribution in [0.5, 0.6) is 40.2 Å². The third kappa shape index (κ3) is 23.2. The summed E-state index contributed by atoms with van der Waals surface area (Å²) in [5.41, 5.74) is 19.9. The normalized spacial score (nSPS) is 12.8. The van der Waals surface area contributed by atoms with Gasteiger partial charge in [0.05, 0.1) is 194 Å². The third-order valence-corrected chi connectivity index (χ3v) is 24.4. The lowest BCUT2D eigenvalue weighted by atomic mass is 9.84. The number of anilines is 8. The van der Waals surface area contributed by atoms with Crippen LogP contribution in [0.4, 0.5) is 49.9 Å². The minimum Gasteiger partial charge on any atom is -0.497 e. The van der Waals surface area contributed by atoms with E-state index in [2.05, 4.69) is 108 Å². The molecular weight excluding hydrogens is 1800 g/mol. The highest BCUT2D eigenvalue weighted by Crippen LogP contribution is 2.43. The summed E-state index contributed by atoms with van der Waals surface area (Å²) in [4.78, 5) is 73.5. The molecule has 1 saturated carbocycles. The van der Waals surface area contributed by atoms with Crippen molar-refractivity contribution in [3.63, 3.8) is 0 Å². The molecule has 1 fully saturated rings. The maximum atomic E-state index is 14.7. The van der Waals surface area contributed by atoms with Gasteiger partial charge in [-0.05, 0) is 159 Å². The van der Waals surface area contributed by atoms with Crippen LogP contribution >= 0.6 is 0 Å². The van der Waals surface area contributed by atoms with Gasteiger partial charge in [0.15, 0.2) is 0 Å². The second-order valence-corrected chi connectivity index (χ2v) is 36.6. The maximum absolute atomic E-state index is 14.7. The number of carbonyl (C=O) groups is 2. The van der Waals surface area contributed by atoms with Crippen molar-refractivity contribution < 1.29 is 57.0 Å². The Hall–Kier alpha value is -16.0. The maximum Gasteiger partial charge on any atom is 0.261 e.